The third-order valence-electron chi connectivity index (χ3n) is 6.78. The molecule has 3 aromatic carbocycles. The number of fused-ring (bicyclic) bond motifs is 1. The molecule has 188 valence electrons. The maximum atomic E-state index is 14.2. The monoisotopic (exact) mass is 539 g/mol. The van der Waals surface area contributed by atoms with Crippen molar-refractivity contribution in [2.75, 3.05) is 4.90 Å². The van der Waals surface area contributed by atoms with Crippen LogP contribution in [0.2, 0.25) is 5.02 Å². The number of Topliss-reactive ketones (excluding diaryl/α,β-unsaturated/α-hetero) is 1. The Kier molecular flexibility index (Phi) is 5.90. The third-order valence-corrected chi connectivity index (χ3v) is 8.22. The number of amides is 1. The van der Waals surface area contributed by atoms with Gasteiger partial charge in [0.15, 0.2) is 5.76 Å². The number of aliphatic hydroxyl groups excluding tert-OH is 1. The molecule has 6 nitrogen and oxygen atoms in total. The second kappa shape index (κ2) is 9.28. The summed E-state index contributed by atoms with van der Waals surface area (Å²) in [6, 6.07) is 23.3. The lowest BCUT2D eigenvalue weighted by molar-refractivity contribution is -0.117. The zero-order valence-corrected chi connectivity index (χ0v) is 22.1. The Morgan fingerprint density at radius 2 is 1.76 bits per heavy atom. The van der Waals surface area contributed by atoms with Gasteiger partial charge in [-0.2, -0.15) is 0 Å². The quantitative estimate of drug-likeness (QED) is 0.229. The van der Waals surface area contributed by atoms with Gasteiger partial charge in [0.05, 0.1) is 22.2 Å². The van der Waals surface area contributed by atoms with Gasteiger partial charge in [0.25, 0.3) is 5.91 Å². The van der Waals surface area contributed by atoms with Crippen LogP contribution in [-0.2, 0) is 4.79 Å². The van der Waals surface area contributed by atoms with E-state index in [-0.39, 0.29) is 5.57 Å². The molecule has 2 aromatic heterocycles. The number of hydrogen-bond donors (Lipinski definition) is 2. The maximum Gasteiger partial charge on any atom is 0.294 e. The molecule has 0 fully saturated rings. The lowest BCUT2D eigenvalue weighted by Gasteiger charge is -2.27. The first-order valence-corrected chi connectivity index (χ1v) is 13.2. The normalized spacial score (nSPS) is 15.6. The van der Waals surface area contributed by atoms with Gasteiger partial charge < -0.3 is 10.1 Å². The Balaban J connectivity index is 1.55. The van der Waals surface area contributed by atoms with Gasteiger partial charge >= 0.3 is 0 Å². The van der Waals surface area contributed by atoms with Crippen molar-refractivity contribution in [2.45, 2.75) is 19.9 Å². The molecule has 0 aliphatic carbocycles. The van der Waals surface area contributed by atoms with Crippen LogP contribution >= 0.6 is 22.9 Å². The largest absolute Gasteiger partial charge is 0.503 e. The molecule has 0 saturated heterocycles. The van der Waals surface area contributed by atoms with Gasteiger partial charge in [-0.1, -0.05) is 66.2 Å². The molecule has 1 atom stereocenters. The fourth-order valence-electron chi connectivity index (χ4n) is 5.09. The Labute approximate surface area is 227 Å². The highest BCUT2D eigenvalue weighted by atomic mass is 35.5. The van der Waals surface area contributed by atoms with Crippen molar-refractivity contribution in [3.05, 3.63) is 117 Å². The van der Waals surface area contributed by atoms with Crippen molar-refractivity contribution >= 4 is 51.2 Å². The average molecular weight is 540 g/mol. The van der Waals surface area contributed by atoms with Gasteiger partial charge in [-0.15, -0.1) is 11.3 Å². The van der Waals surface area contributed by atoms with Crippen LogP contribution < -0.4 is 4.90 Å². The molecule has 6 rings (SSSR count). The lowest BCUT2D eigenvalue weighted by Crippen LogP contribution is -2.31. The second-order valence-corrected chi connectivity index (χ2v) is 10.6. The molecule has 0 bridgehead atoms. The molecule has 1 unspecified atom stereocenters. The zero-order valence-electron chi connectivity index (χ0n) is 20.5. The molecular formula is C30H22ClN3O3S. The van der Waals surface area contributed by atoms with E-state index < -0.39 is 23.5 Å². The van der Waals surface area contributed by atoms with E-state index in [0.717, 1.165) is 27.7 Å². The summed E-state index contributed by atoms with van der Waals surface area (Å²) in [6.45, 7) is 3.67. The van der Waals surface area contributed by atoms with Crippen molar-refractivity contribution < 1.29 is 14.7 Å². The van der Waals surface area contributed by atoms with Crippen LogP contribution in [-0.4, -0.2) is 26.8 Å². The number of nitrogens with zero attached hydrogens (tertiary/aromatic N) is 2. The van der Waals surface area contributed by atoms with Gasteiger partial charge in [0.2, 0.25) is 5.78 Å². The van der Waals surface area contributed by atoms with Crippen LogP contribution in [0.4, 0.5) is 5.69 Å². The van der Waals surface area contributed by atoms with Crippen LogP contribution in [0, 0.1) is 13.8 Å². The van der Waals surface area contributed by atoms with E-state index in [2.05, 4.69) is 9.97 Å². The number of aromatic amines is 1. The van der Waals surface area contributed by atoms with E-state index in [9.17, 15) is 14.7 Å². The number of ketones is 1. The summed E-state index contributed by atoms with van der Waals surface area (Å²) < 4.78 is 0. The first kappa shape index (κ1) is 24.2. The van der Waals surface area contributed by atoms with Crippen LogP contribution in [0.25, 0.3) is 21.5 Å². The molecule has 2 N–H and O–H groups in total. The fraction of sp³-hybridized carbons (Fsp3) is 0.100. The second-order valence-electron chi connectivity index (χ2n) is 9.16. The van der Waals surface area contributed by atoms with Crippen molar-refractivity contribution in [3.8, 4) is 10.6 Å². The van der Waals surface area contributed by atoms with E-state index in [1.54, 1.807) is 31.2 Å². The number of aliphatic hydroxyl groups is 1. The highest BCUT2D eigenvalue weighted by Crippen LogP contribution is 2.46. The molecule has 1 aliphatic rings. The van der Waals surface area contributed by atoms with E-state index in [0.29, 0.717) is 26.3 Å². The number of nitrogens with one attached hydrogen (secondary N) is 1. The van der Waals surface area contributed by atoms with Gasteiger partial charge in [-0.3, -0.25) is 14.5 Å². The number of rotatable bonds is 5. The Bertz CT molecular complexity index is 1770. The van der Waals surface area contributed by atoms with E-state index >= 15 is 0 Å². The zero-order chi connectivity index (χ0) is 26.6. The molecule has 38 heavy (non-hydrogen) atoms. The van der Waals surface area contributed by atoms with E-state index in [4.69, 9.17) is 11.6 Å². The predicted molar refractivity (Wildman–Crippen MR) is 151 cm³/mol. The van der Waals surface area contributed by atoms with Gasteiger partial charge in [-0.25, -0.2) is 4.98 Å². The summed E-state index contributed by atoms with van der Waals surface area (Å²) in [5.74, 6) is -1.65. The third kappa shape index (κ3) is 3.83. The Hall–Kier alpha value is -4.20. The minimum Gasteiger partial charge on any atom is -0.503 e. The van der Waals surface area contributed by atoms with E-state index in [1.807, 2.05) is 61.5 Å². The average Bonchev–Trinajstić information content (AvgIpc) is 3.54. The number of aryl methyl sites for hydroxylation is 2. The minimum atomic E-state index is -0.869. The maximum absolute atomic E-state index is 14.2. The summed E-state index contributed by atoms with van der Waals surface area (Å²) in [6.07, 6.45) is 0. The van der Waals surface area contributed by atoms with Crippen LogP contribution in [0.3, 0.4) is 0 Å². The minimum absolute atomic E-state index is 0.0224. The fourth-order valence-corrected chi connectivity index (χ4v) is 6.30. The molecule has 0 spiro atoms. The standard InChI is InChI=1S/C30H22ClN3O3S/c1-16-23(21-13-6-7-14-22(21)32-16)25-24(27(36)30(37)34(25)20-12-8-11-19(31)15-20)26(35)28-17(2)33-29(38-28)18-9-4-3-5-10-18/h3-15,25,32,36H,1-2H3. The SMILES string of the molecule is Cc1nc(-c2ccccc2)sc1C(=O)C1=C(O)C(=O)N(c2cccc(Cl)c2)C1c1c(C)[nH]c2ccccc12. The molecular weight excluding hydrogens is 518 g/mol. The lowest BCUT2D eigenvalue weighted by atomic mass is 9.92. The molecule has 1 amide bonds. The molecule has 3 heterocycles. The summed E-state index contributed by atoms with van der Waals surface area (Å²) in [5, 5.41) is 13.2. The number of benzene rings is 3. The first-order valence-electron chi connectivity index (χ1n) is 12.0. The highest BCUT2D eigenvalue weighted by Gasteiger charge is 2.46. The number of carbonyl (C=O) groups excluding carboxylic acids is 2. The van der Waals surface area contributed by atoms with Crippen molar-refractivity contribution in [2.24, 2.45) is 0 Å². The van der Waals surface area contributed by atoms with E-state index in [1.165, 1.54) is 16.2 Å². The summed E-state index contributed by atoms with van der Waals surface area (Å²) in [5.41, 5.74) is 4.35. The topological polar surface area (TPSA) is 86.3 Å². The smallest absolute Gasteiger partial charge is 0.294 e. The number of para-hydroxylation sites is 1. The number of H-pyrrole nitrogens is 1. The van der Waals surface area contributed by atoms with Crippen molar-refractivity contribution in [1.82, 2.24) is 9.97 Å². The highest BCUT2D eigenvalue weighted by molar-refractivity contribution is 7.17. The van der Waals surface area contributed by atoms with Crippen molar-refractivity contribution in [1.29, 1.82) is 0 Å². The summed E-state index contributed by atoms with van der Waals surface area (Å²) >= 11 is 7.54. The predicted octanol–water partition coefficient (Wildman–Crippen LogP) is 7.34. The van der Waals surface area contributed by atoms with Gasteiger partial charge in [0.1, 0.15) is 5.01 Å². The van der Waals surface area contributed by atoms with Gasteiger partial charge in [0, 0.05) is 38.4 Å². The van der Waals surface area contributed by atoms with Crippen LogP contribution in [0.1, 0.15) is 32.7 Å². The first-order chi connectivity index (χ1) is 18.3. The summed E-state index contributed by atoms with van der Waals surface area (Å²) in [7, 11) is 0. The van der Waals surface area contributed by atoms with Gasteiger partial charge in [-0.05, 0) is 38.1 Å². The van der Waals surface area contributed by atoms with Crippen LogP contribution in [0.15, 0.2) is 90.2 Å². The molecule has 1 aliphatic heterocycles. The molecule has 8 heteroatoms. The number of carbonyl (C=O) groups is 2. The Morgan fingerprint density at radius 1 is 1.03 bits per heavy atom. The molecule has 0 saturated carbocycles. The van der Waals surface area contributed by atoms with Crippen molar-refractivity contribution in [3.63, 3.8) is 0 Å². The number of thiazole rings is 1. The number of hydrogen-bond acceptors (Lipinski definition) is 5. The van der Waals surface area contributed by atoms with Crippen LogP contribution in [0.5, 0.6) is 0 Å². The number of aromatic nitrogens is 2. The molecule has 0 radical (unpaired) electrons. The number of halogens is 1. The number of anilines is 1. The molecule has 5 aromatic rings. The summed E-state index contributed by atoms with van der Waals surface area (Å²) in [4.78, 5) is 37.7. The Morgan fingerprint density at radius 3 is 2.53 bits per heavy atom.